The maximum absolute atomic E-state index is 3.43. The van der Waals surface area contributed by atoms with Gasteiger partial charge in [-0.1, -0.05) is 6.92 Å². The summed E-state index contributed by atoms with van der Waals surface area (Å²) in [5.41, 5.74) is 0. The van der Waals surface area contributed by atoms with Gasteiger partial charge in [-0.25, -0.2) is 0 Å². The molecule has 1 unspecified atom stereocenters. The molecule has 0 saturated carbocycles. The van der Waals surface area contributed by atoms with E-state index < -0.39 is 0 Å². The van der Waals surface area contributed by atoms with Crippen molar-refractivity contribution in [1.82, 2.24) is 20.0 Å². The zero-order valence-electron chi connectivity index (χ0n) is 12.1. The van der Waals surface area contributed by atoms with Crippen LogP contribution in [0.5, 0.6) is 0 Å². The summed E-state index contributed by atoms with van der Waals surface area (Å²) in [4.78, 5) is 7.45. The summed E-state index contributed by atoms with van der Waals surface area (Å²) in [7, 11) is 4.30. The van der Waals surface area contributed by atoms with Crippen LogP contribution in [0.1, 0.15) is 13.8 Å². The Hall–Kier alpha value is -0.160. The summed E-state index contributed by atoms with van der Waals surface area (Å²) in [5.74, 6) is 0. The van der Waals surface area contributed by atoms with E-state index in [2.05, 4.69) is 48.0 Å². The fourth-order valence-corrected chi connectivity index (χ4v) is 2.25. The lowest BCUT2D eigenvalue weighted by Crippen LogP contribution is -2.52. The Kier molecular flexibility index (Phi) is 7.04. The van der Waals surface area contributed by atoms with E-state index in [0.29, 0.717) is 6.04 Å². The molecule has 1 N–H and O–H groups in total. The quantitative estimate of drug-likeness (QED) is 0.687. The molecule has 1 saturated heterocycles. The minimum absolute atomic E-state index is 0.672. The van der Waals surface area contributed by atoms with Crippen LogP contribution in [0.2, 0.25) is 0 Å². The molecule has 0 spiro atoms. The fraction of sp³-hybridized carbons (Fsp3) is 1.00. The molecule has 1 rings (SSSR count). The molecule has 1 aliphatic heterocycles. The number of nitrogens with zero attached hydrogens (tertiary/aromatic N) is 3. The van der Waals surface area contributed by atoms with Gasteiger partial charge in [-0.2, -0.15) is 0 Å². The molecule has 0 aromatic rings. The molecule has 0 amide bonds. The van der Waals surface area contributed by atoms with Crippen molar-refractivity contribution < 1.29 is 0 Å². The summed E-state index contributed by atoms with van der Waals surface area (Å²) >= 11 is 0. The van der Waals surface area contributed by atoms with Gasteiger partial charge < -0.3 is 10.2 Å². The summed E-state index contributed by atoms with van der Waals surface area (Å²) in [5, 5.41) is 3.43. The average molecular weight is 242 g/mol. The number of piperazine rings is 1. The van der Waals surface area contributed by atoms with E-state index in [1.165, 1.54) is 39.3 Å². The van der Waals surface area contributed by atoms with Crippen molar-refractivity contribution in [2.45, 2.75) is 19.9 Å². The Labute approximate surface area is 107 Å². The first-order valence-electron chi connectivity index (χ1n) is 6.95. The first-order chi connectivity index (χ1) is 8.13. The maximum atomic E-state index is 3.43. The van der Waals surface area contributed by atoms with Crippen molar-refractivity contribution in [3.63, 3.8) is 0 Å². The lowest BCUT2D eigenvalue weighted by molar-refractivity contribution is 0.0972. The first-order valence-corrected chi connectivity index (χ1v) is 6.95. The van der Waals surface area contributed by atoms with E-state index in [0.717, 1.165) is 13.1 Å². The largest absolute Gasteiger partial charge is 0.315 e. The van der Waals surface area contributed by atoms with Crippen LogP contribution in [0.25, 0.3) is 0 Å². The van der Waals surface area contributed by atoms with Gasteiger partial charge in [0.25, 0.3) is 0 Å². The van der Waals surface area contributed by atoms with Crippen LogP contribution in [0.15, 0.2) is 0 Å². The number of likely N-dealkylation sites (N-methyl/N-ethyl adjacent to an activating group) is 2. The third kappa shape index (κ3) is 5.82. The Morgan fingerprint density at radius 3 is 2.35 bits per heavy atom. The van der Waals surface area contributed by atoms with E-state index in [4.69, 9.17) is 0 Å². The Bertz CT molecular complexity index is 188. The van der Waals surface area contributed by atoms with E-state index in [9.17, 15) is 0 Å². The SMILES string of the molecule is CCNCC(C)N1CCN(CCN(C)C)CC1. The van der Waals surface area contributed by atoms with Crippen LogP contribution in [-0.2, 0) is 0 Å². The van der Waals surface area contributed by atoms with Crippen LogP contribution in [0, 0.1) is 0 Å². The Balaban J connectivity index is 2.16. The van der Waals surface area contributed by atoms with Crippen LogP contribution in [0.3, 0.4) is 0 Å². The first kappa shape index (κ1) is 14.9. The van der Waals surface area contributed by atoms with Crippen molar-refractivity contribution in [2.75, 3.05) is 66.5 Å². The normalized spacial score (nSPS) is 21.0. The molecule has 102 valence electrons. The van der Waals surface area contributed by atoms with Gasteiger partial charge >= 0.3 is 0 Å². The second-order valence-corrected chi connectivity index (χ2v) is 5.34. The zero-order chi connectivity index (χ0) is 12.7. The van der Waals surface area contributed by atoms with E-state index >= 15 is 0 Å². The lowest BCUT2D eigenvalue weighted by Gasteiger charge is -2.38. The van der Waals surface area contributed by atoms with E-state index in [1.54, 1.807) is 0 Å². The molecule has 0 radical (unpaired) electrons. The molecule has 4 nitrogen and oxygen atoms in total. The summed E-state index contributed by atoms with van der Waals surface area (Å²) in [6.07, 6.45) is 0. The average Bonchev–Trinajstić information content (AvgIpc) is 2.34. The van der Waals surface area contributed by atoms with Crippen molar-refractivity contribution >= 4 is 0 Å². The molecule has 1 fully saturated rings. The van der Waals surface area contributed by atoms with Crippen molar-refractivity contribution in [3.8, 4) is 0 Å². The predicted octanol–water partition coefficient (Wildman–Crippen LogP) is 0.164. The molecule has 1 atom stereocenters. The monoisotopic (exact) mass is 242 g/mol. The van der Waals surface area contributed by atoms with Crippen molar-refractivity contribution in [2.24, 2.45) is 0 Å². The van der Waals surface area contributed by atoms with Gasteiger partial charge in [0.1, 0.15) is 0 Å². The highest BCUT2D eigenvalue weighted by Gasteiger charge is 2.20. The topological polar surface area (TPSA) is 21.8 Å². The number of hydrogen-bond donors (Lipinski definition) is 1. The predicted molar refractivity (Wildman–Crippen MR) is 74.6 cm³/mol. The highest BCUT2D eigenvalue weighted by atomic mass is 15.3. The van der Waals surface area contributed by atoms with Crippen molar-refractivity contribution in [3.05, 3.63) is 0 Å². The molecule has 0 aromatic heterocycles. The number of nitrogens with one attached hydrogen (secondary N) is 1. The summed E-state index contributed by atoms with van der Waals surface area (Å²) in [6.45, 7) is 14.0. The van der Waals surface area contributed by atoms with Gasteiger partial charge in [0.2, 0.25) is 0 Å². The minimum atomic E-state index is 0.672. The molecule has 0 bridgehead atoms. The fourth-order valence-electron chi connectivity index (χ4n) is 2.25. The van der Waals surface area contributed by atoms with Crippen LogP contribution < -0.4 is 5.32 Å². The molecule has 4 heteroatoms. The molecule has 0 aromatic carbocycles. The van der Waals surface area contributed by atoms with Gasteiger partial charge in [0.15, 0.2) is 0 Å². The third-order valence-electron chi connectivity index (χ3n) is 3.58. The highest BCUT2D eigenvalue weighted by molar-refractivity contribution is 4.77. The molecule has 0 aliphatic carbocycles. The van der Waals surface area contributed by atoms with Gasteiger partial charge in [0.05, 0.1) is 0 Å². The van der Waals surface area contributed by atoms with Gasteiger partial charge in [0, 0.05) is 51.9 Å². The molecule has 1 aliphatic rings. The molecule has 1 heterocycles. The molecule has 17 heavy (non-hydrogen) atoms. The highest BCUT2D eigenvalue weighted by Crippen LogP contribution is 2.05. The zero-order valence-corrected chi connectivity index (χ0v) is 12.1. The van der Waals surface area contributed by atoms with Crippen molar-refractivity contribution in [1.29, 1.82) is 0 Å². The van der Waals surface area contributed by atoms with Crippen LogP contribution in [0.4, 0.5) is 0 Å². The Morgan fingerprint density at radius 1 is 1.18 bits per heavy atom. The van der Waals surface area contributed by atoms with Gasteiger partial charge in [-0.15, -0.1) is 0 Å². The molecular formula is C13H30N4. The molecular weight excluding hydrogens is 212 g/mol. The van der Waals surface area contributed by atoms with E-state index in [1.807, 2.05) is 0 Å². The van der Waals surface area contributed by atoms with Gasteiger partial charge in [-0.3, -0.25) is 9.80 Å². The Morgan fingerprint density at radius 2 is 1.82 bits per heavy atom. The van der Waals surface area contributed by atoms with Gasteiger partial charge in [-0.05, 0) is 27.6 Å². The third-order valence-corrected chi connectivity index (χ3v) is 3.58. The van der Waals surface area contributed by atoms with Crippen LogP contribution >= 0.6 is 0 Å². The second-order valence-electron chi connectivity index (χ2n) is 5.34. The summed E-state index contributed by atoms with van der Waals surface area (Å²) in [6, 6.07) is 0.672. The maximum Gasteiger partial charge on any atom is 0.0193 e. The lowest BCUT2D eigenvalue weighted by atomic mass is 10.2. The van der Waals surface area contributed by atoms with E-state index in [-0.39, 0.29) is 0 Å². The minimum Gasteiger partial charge on any atom is -0.315 e. The number of hydrogen-bond acceptors (Lipinski definition) is 4. The summed E-state index contributed by atoms with van der Waals surface area (Å²) < 4.78 is 0. The smallest absolute Gasteiger partial charge is 0.0193 e. The van der Waals surface area contributed by atoms with Crippen LogP contribution in [-0.4, -0.2) is 87.2 Å². The second kappa shape index (κ2) is 8.03. The number of rotatable bonds is 7. The standard InChI is InChI=1S/C13H30N4/c1-5-14-12-13(2)17-10-8-16(9-11-17)7-6-15(3)4/h13-14H,5-12H2,1-4H3.